The molecule has 0 aliphatic heterocycles. The molecule has 0 saturated heterocycles. The van der Waals surface area contributed by atoms with E-state index in [-0.39, 0.29) is 6.10 Å². The van der Waals surface area contributed by atoms with E-state index < -0.39 is 0 Å². The Balaban J connectivity index is 2.80. The number of hydrogen-bond donors (Lipinski definition) is 0. The molecule has 1 rings (SSSR count). The van der Waals surface area contributed by atoms with Crippen LogP contribution >= 0.6 is 15.9 Å². The van der Waals surface area contributed by atoms with Crippen molar-refractivity contribution in [1.82, 2.24) is 0 Å². The molecule has 0 aromatic heterocycles. The van der Waals surface area contributed by atoms with Crippen LogP contribution in [0.3, 0.4) is 0 Å². The van der Waals surface area contributed by atoms with Gasteiger partial charge in [-0.3, -0.25) is 0 Å². The fourth-order valence-corrected chi connectivity index (χ4v) is 1.39. The standard InChI is InChI=1S/C11H11BrO/c1-3-4-11(13-2)9-5-7-10(12)8-6-9/h1,5-8,11H,4H2,2H3. The van der Waals surface area contributed by atoms with Crippen LogP contribution < -0.4 is 0 Å². The molecule has 1 atom stereocenters. The number of rotatable bonds is 3. The summed E-state index contributed by atoms with van der Waals surface area (Å²) in [5.41, 5.74) is 1.11. The van der Waals surface area contributed by atoms with Crippen LogP contribution in [0, 0.1) is 12.3 Å². The Morgan fingerprint density at radius 1 is 1.46 bits per heavy atom. The minimum absolute atomic E-state index is 0.0121. The van der Waals surface area contributed by atoms with E-state index in [0.717, 1.165) is 10.0 Å². The minimum Gasteiger partial charge on any atom is -0.376 e. The average Bonchev–Trinajstić information content (AvgIpc) is 2.16. The number of benzene rings is 1. The maximum atomic E-state index is 5.26. The van der Waals surface area contributed by atoms with Crippen molar-refractivity contribution in [3.63, 3.8) is 0 Å². The largest absolute Gasteiger partial charge is 0.376 e. The molecule has 0 N–H and O–H groups in total. The number of methoxy groups -OCH3 is 1. The molecule has 0 fully saturated rings. The molecule has 68 valence electrons. The zero-order valence-corrected chi connectivity index (χ0v) is 9.04. The molecule has 2 heteroatoms. The van der Waals surface area contributed by atoms with Gasteiger partial charge in [-0.05, 0) is 17.7 Å². The molecule has 0 amide bonds. The lowest BCUT2D eigenvalue weighted by Gasteiger charge is -2.12. The van der Waals surface area contributed by atoms with Crippen molar-refractivity contribution >= 4 is 15.9 Å². The molecular weight excluding hydrogens is 228 g/mol. The third-order valence-electron chi connectivity index (χ3n) is 1.83. The lowest BCUT2D eigenvalue weighted by atomic mass is 10.1. The predicted molar refractivity (Wildman–Crippen MR) is 57.3 cm³/mol. The summed E-state index contributed by atoms with van der Waals surface area (Å²) in [6.45, 7) is 0. The van der Waals surface area contributed by atoms with Gasteiger partial charge in [-0.1, -0.05) is 28.1 Å². The van der Waals surface area contributed by atoms with Crippen molar-refractivity contribution in [2.24, 2.45) is 0 Å². The molecule has 0 heterocycles. The van der Waals surface area contributed by atoms with Crippen molar-refractivity contribution in [2.75, 3.05) is 7.11 Å². The van der Waals surface area contributed by atoms with Gasteiger partial charge in [0.05, 0.1) is 6.10 Å². The Bertz CT molecular complexity index is 297. The first-order valence-corrected chi connectivity index (χ1v) is 4.79. The highest BCUT2D eigenvalue weighted by Gasteiger charge is 2.07. The van der Waals surface area contributed by atoms with E-state index in [9.17, 15) is 0 Å². The molecule has 0 radical (unpaired) electrons. The van der Waals surface area contributed by atoms with Gasteiger partial charge in [0.25, 0.3) is 0 Å². The van der Waals surface area contributed by atoms with Crippen LogP contribution in [0.5, 0.6) is 0 Å². The summed E-state index contributed by atoms with van der Waals surface area (Å²) >= 11 is 3.37. The summed E-state index contributed by atoms with van der Waals surface area (Å²) < 4.78 is 6.32. The molecule has 0 aliphatic carbocycles. The molecule has 0 aliphatic rings. The Morgan fingerprint density at radius 3 is 2.54 bits per heavy atom. The van der Waals surface area contributed by atoms with E-state index in [1.807, 2.05) is 24.3 Å². The Morgan fingerprint density at radius 2 is 2.08 bits per heavy atom. The first kappa shape index (κ1) is 10.3. The Labute approximate surface area is 87.2 Å². The van der Waals surface area contributed by atoms with Crippen LogP contribution in [-0.2, 0) is 4.74 Å². The first-order valence-electron chi connectivity index (χ1n) is 3.99. The van der Waals surface area contributed by atoms with E-state index in [1.54, 1.807) is 7.11 Å². The molecule has 13 heavy (non-hydrogen) atoms. The lowest BCUT2D eigenvalue weighted by molar-refractivity contribution is 0.108. The SMILES string of the molecule is C#CCC(OC)c1ccc(Br)cc1. The van der Waals surface area contributed by atoms with E-state index in [0.29, 0.717) is 6.42 Å². The van der Waals surface area contributed by atoms with E-state index >= 15 is 0 Å². The highest BCUT2D eigenvalue weighted by atomic mass is 79.9. The van der Waals surface area contributed by atoms with Gasteiger partial charge in [-0.2, -0.15) is 0 Å². The topological polar surface area (TPSA) is 9.23 Å². The van der Waals surface area contributed by atoms with E-state index in [1.165, 1.54) is 0 Å². The number of terminal acetylenes is 1. The predicted octanol–water partition coefficient (Wildman–Crippen LogP) is 3.16. The van der Waals surface area contributed by atoms with Crippen molar-refractivity contribution in [1.29, 1.82) is 0 Å². The first-order chi connectivity index (χ1) is 6.27. The maximum Gasteiger partial charge on any atom is 0.0930 e. The molecule has 1 nitrogen and oxygen atoms in total. The minimum atomic E-state index is 0.0121. The normalized spacial score (nSPS) is 12.1. The van der Waals surface area contributed by atoms with Gasteiger partial charge in [0.1, 0.15) is 0 Å². The van der Waals surface area contributed by atoms with Crippen molar-refractivity contribution in [2.45, 2.75) is 12.5 Å². The monoisotopic (exact) mass is 238 g/mol. The van der Waals surface area contributed by atoms with Gasteiger partial charge >= 0.3 is 0 Å². The summed E-state index contributed by atoms with van der Waals surface area (Å²) in [6, 6.07) is 7.99. The van der Waals surface area contributed by atoms with Gasteiger partial charge < -0.3 is 4.74 Å². The van der Waals surface area contributed by atoms with Gasteiger partial charge in [-0.15, -0.1) is 12.3 Å². The van der Waals surface area contributed by atoms with Crippen LogP contribution in [0.1, 0.15) is 18.1 Å². The zero-order chi connectivity index (χ0) is 9.68. The van der Waals surface area contributed by atoms with E-state index in [4.69, 9.17) is 11.2 Å². The summed E-state index contributed by atoms with van der Waals surface area (Å²) in [5, 5.41) is 0. The highest BCUT2D eigenvalue weighted by Crippen LogP contribution is 2.21. The van der Waals surface area contributed by atoms with Crippen molar-refractivity contribution in [3.05, 3.63) is 34.3 Å². The van der Waals surface area contributed by atoms with Crippen molar-refractivity contribution < 1.29 is 4.74 Å². The average molecular weight is 239 g/mol. The molecular formula is C11H11BrO. The second-order valence-corrected chi connectivity index (χ2v) is 3.60. The summed E-state index contributed by atoms with van der Waals surface area (Å²) in [7, 11) is 1.67. The van der Waals surface area contributed by atoms with Crippen LogP contribution in [0.4, 0.5) is 0 Å². The summed E-state index contributed by atoms with van der Waals surface area (Å²) in [5.74, 6) is 2.60. The quantitative estimate of drug-likeness (QED) is 0.736. The van der Waals surface area contributed by atoms with Crippen LogP contribution in [0.25, 0.3) is 0 Å². The molecule has 1 aromatic carbocycles. The van der Waals surface area contributed by atoms with E-state index in [2.05, 4.69) is 21.9 Å². The third kappa shape index (κ3) is 2.87. The molecule has 0 bridgehead atoms. The third-order valence-corrected chi connectivity index (χ3v) is 2.36. The van der Waals surface area contributed by atoms with Gasteiger partial charge in [0.2, 0.25) is 0 Å². The smallest absolute Gasteiger partial charge is 0.0930 e. The molecule has 0 spiro atoms. The van der Waals surface area contributed by atoms with Gasteiger partial charge in [-0.25, -0.2) is 0 Å². The number of halogens is 1. The lowest BCUT2D eigenvalue weighted by Crippen LogP contribution is -1.99. The number of ether oxygens (including phenoxy) is 1. The van der Waals surface area contributed by atoms with Gasteiger partial charge in [0, 0.05) is 18.0 Å². The second-order valence-electron chi connectivity index (χ2n) is 2.68. The van der Waals surface area contributed by atoms with Crippen LogP contribution in [-0.4, -0.2) is 7.11 Å². The van der Waals surface area contributed by atoms with Crippen molar-refractivity contribution in [3.8, 4) is 12.3 Å². The molecule has 0 saturated carbocycles. The highest BCUT2D eigenvalue weighted by molar-refractivity contribution is 9.10. The Hall–Kier alpha value is -0.780. The molecule has 1 aromatic rings. The maximum absolute atomic E-state index is 5.26. The van der Waals surface area contributed by atoms with Gasteiger partial charge in [0.15, 0.2) is 0 Å². The summed E-state index contributed by atoms with van der Waals surface area (Å²) in [6.07, 6.45) is 5.85. The number of hydrogen-bond acceptors (Lipinski definition) is 1. The van der Waals surface area contributed by atoms with Crippen LogP contribution in [0.15, 0.2) is 28.7 Å². The molecule has 1 unspecified atom stereocenters. The second kappa shape index (κ2) is 5.06. The van der Waals surface area contributed by atoms with Crippen LogP contribution in [0.2, 0.25) is 0 Å². The Kier molecular flexibility index (Phi) is 4.01. The zero-order valence-electron chi connectivity index (χ0n) is 7.46. The summed E-state index contributed by atoms with van der Waals surface area (Å²) in [4.78, 5) is 0. The fourth-order valence-electron chi connectivity index (χ4n) is 1.12. The fraction of sp³-hybridized carbons (Fsp3) is 0.273.